The van der Waals surface area contributed by atoms with E-state index in [0.717, 1.165) is 26.2 Å². The summed E-state index contributed by atoms with van der Waals surface area (Å²) in [5.74, 6) is 0.113. The molecule has 24 heavy (non-hydrogen) atoms. The molecule has 1 spiro atoms. The van der Waals surface area contributed by atoms with Gasteiger partial charge in [-0.15, -0.1) is 0 Å². The molecule has 3 aliphatic rings. The molecule has 3 fully saturated rings. The SMILES string of the molecule is O=C1CCC(Oc2ccc(CN3CCCC34CNC4)cc2)C(=O)N1. The summed E-state index contributed by atoms with van der Waals surface area (Å²) < 4.78 is 5.73. The predicted octanol–water partition coefficient (Wildman–Crippen LogP) is 0.808. The molecule has 0 radical (unpaired) electrons. The van der Waals surface area contributed by atoms with Crippen molar-refractivity contribution in [2.45, 2.75) is 43.9 Å². The number of ether oxygens (including phenoxy) is 1. The summed E-state index contributed by atoms with van der Waals surface area (Å²) in [6.45, 7) is 4.32. The van der Waals surface area contributed by atoms with Crippen molar-refractivity contribution in [3.63, 3.8) is 0 Å². The molecule has 1 unspecified atom stereocenters. The van der Waals surface area contributed by atoms with Crippen molar-refractivity contribution in [1.29, 1.82) is 0 Å². The van der Waals surface area contributed by atoms with E-state index in [1.807, 2.05) is 12.1 Å². The molecule has 3 aliphatic heterocycles. The van der Waals surface area contributed by atoms with E-state index in [1.54, 1.807) is 0 Å². The first-order chi connectivity index (χ1) is 11.6. The van der Waals surface area contributed by atoms with E-state index >= 15 is 0 Å². The fourth-order valence-electron chi connectivity index (χ4n) is 3.90. The Balaban J connectivity index is 1.36. The van der Waals surface area contributed by atoms with Crippen molar-refractivity contribution in [1.82, 2.24) is 15.5 Å². The van der Waals surface area contributed by atoms with Crippen LogP contribution in [0.3, 0.4) is 0 Å². The highest BCUT2D eigenvalue weighted by Gasteiger charge is 2.45. The second-order valence-electron chi connectivity index (χ2n) is 7.05. The van der Waals surface area contributed by atoms with Crippen LogP contribution in [0.2, 0.25) is 0 Å². The highest BCUT2D eigenvalue weighted by Crippen LogP contribution is 2.34. The topological polar surface area (TPSA) is 70.7 Å². The lowest BCUT2D eigenvalue weighted by Gasteiger charge is -2.46. The number of carbonyl (C=O) groups excluding carboxylic acids is 2. The molecular formula is C18H23N3O3. The highest BCUT2D eigenvalue weighted by molar-refractivity contribution is 5.99. The highest BCUT2D eigenvalue weighted by atomic mass is 16.5. The first-order valence-electron chi connectivity index (χ1n) is 8.70. The molecular weight excluding hydrogens is 306 g/mol. The van der Waals surface area contributed by atoms with Gasteiger partial charge in [0, 0.05) is 38.0 Å². The third-order valence-corrected chi connectivity index (χ3v) is 5.41. The van der Waals surface area contributed by atoms with Crippen LogP contribution in [0.4, 0.5) is 0 Å². The maximum absolute atomic E-state index is 11.7. The van der Waals surface area contributed by atoms with Crippen LogP contribution in [0.25, 0.3) is 0 Å². The maximum atomic E-state index is 11.7. The number of rotatable bonds is 4. The van der Waals surface area contributed by atoms with Gasteiger partial charge in [-0.1, -0.05) is 12.1 Å². The van der Waals surface area contributed by atoms with E-state index in [2.05, 4.69) is 27.7 Å². The molecule has 4 rings (SSSR count). The summed E-state index contributed by atoms with van der Waals surface area (Å²) in [5.41, 5.74) is 1.64. The fourth-order valence-corrected chi connectivity index (χ4v) is 3.90. The monoisotopic (exact) mass is 329 g/mol. The molecule has 0 aliphatic carbocycles. The minimum absolute atomic E-state index is 0.222. The van der Waals surface area contributed by atoms with Crippen LogP contribution in [0.5, 0.6) is 5.75 Å². The number of likely N-dealkylation sites (tertiary alicyclic amines) is 1. The third-order valence-electron chi connectivity index (χ3n) is 5.41. The van der Waals surface area contributed by atoms with Gasteiger partial charge in [0.05, 0.1) is 0 Å². The number of nitrogens with zero attached hydrogens (tertiary/aromatic N) is 1. The lowest BCUT2D eigenvalue weighted by Crippen LogP contribution is -2.65. The molecule has 6 nitrogen and oxygen atoms in total. The van der Waals surface area contributed by atoms with Crippen LogP contribution in [-0.4, -0.2) is 48.0 Å². The first-order valence-corrected chi connectivity index (χ1v) is 8.70. The number of amides is 2. The van der Waals surface area contributed by atoms with Crippen LogP contribution < -0.4 is 15.4 Å². The van der Waals surface area contributed by atoms with Crippen molar-refractivity contribution in [2.75, 3.05) is 19.6 Å². The van der Waals surface area contributed by atoms with Gasteiger partial charge in [0.2, 0.25) is 5.91 Å². The first kappa shape index (κ1) is 15.6. The molecule has 6 heteroatoms. The quantitative estimate of drug-likeness (QED) is 0.800. The normalized spacial score (nSPS) is 26.2. The number of benzene rings is 1. The Bertz CT molecular complexity index is 639. The van der Waals surface area contributed by atoms with Gasteiger partial charge in [0.15, 0.2) is 6.10 Å². The van der Waals surface area contributed by atoms with Gasteiger partial charge in [-0.2, -0.15) is 0 Å². The Kier molecular flexibility index (Phi) is 4.02. The summed E-state index contributed by atoms with van der Waals surface area (Å²) in [4.78, 5) is 25.5. The van der Waals surface area contributed by atoms with Crippen LogP contribution in [0.1, 0.15) is 31.2 Å². The van der Waals surface area contributed by atoms with Gasteiger partial charge in [-0.05, 0) is 37.1 Å². The van der Waals surface area contributed by atoms with Crippen molar-refractivity contribution in [3.05, 3.63) is 29.8 Å². The molecule has 3 heterocycles. The molecule has 0 saturated carbocycles. The average Bonchev–Trinajstić information content (AvgIpc) is 2.96. The standard InChI is InChI=1S/C18H23N3O3/c22-16-7-6-15(17(23)20-16)24-14-4-2-13(3-5-14)10-21-9-1-8-18(21)11-19-12-18/h2-5,15,19H,1,6-12H2,(H,20,22,23). The Morgan fingerprint density at radius 2 is 2.00 bits per heavy atom. The third kappa shape index (κ3) is 2.91. The molecule has 1 aromatic rings. The lowest BCUT2D eigenvalue weighted by atomic mass is 9.89. The van der Waals surface area contributed by atoms with Gasteiger partial charge in [0.25, 0.3) is 5.91 Å². The average molecular weight is 329 g/mol. The van der Waals surface area contributed by atoms with E-state index in [0.29, 0.717) is 24.1 Å². The van der Waals surface area contributed by atoms with Crippen LogP contribution >= 0.6 is 0 Å². The number of hydrogen-bond acceptors (Lipinski definition) is 5. The predicted molar refractivity (Wildman–Crippen MR) is 88.5 cm³/mol. The number of carbonyl (C=O) groups is 2. The van der Waals surface area contributed by atoms with Crippen molar-refractivity contribution >= 4 is 11.8 Å². The zero-order valence-corrected chi connectivity index (χ0v) is 13.7. The second kappa shape index (κ2) is 6.18. The Labute approximate surface area is 141 Å². The molecule has 0 aromatic heterocycles. The lowest BCUT2D eigenvalue weighted by molar-refractivity contribution is -0.138. The van der Waals surface area contributed by atoms with Gasteiger partial charge < -0.3 is 10.1 Å². The van der Waals surface area contributed by atoms with Crippen LogP contribution in [-0.2, 0) is 16.1 Å². The van der Waals surface area contributed by atoms with E-state index in [1.165, 1.54) is 18.4 Å². The molecule has 0 bridgehead atoms. The summed E-state index contributed by atoms with van der Waals surface area (Å²) in [6.07, 6.45) is 2.76. The largest absolute Gasteiger partial charge is 0.481 e. The van der Waals surface area contributed by atoms with Crippen LogP contribution in [0.15, 0.2) is 24.3 Å². The van der Waals surface area contributed by atoms with E-state index in [-0.39, 0.29) is 11.8 Å². The summed E-state index contributed by atoms with van der Waals surface area (Å²) >= 11 is 0. The number of piperidine rings is 1. The van der Waals surface area contributed by atoms with Gasteiger partial charge in [-0.3, -0.25) is 19.8 Å². The maximum Gasteiger partial charge on any atom is 0.267 e. The summed E-state index contributed by atoms with van der Waals surface area (Å²) in [6, 6.07) is 7.97. The minimum Gasteiger partial charge on any atom is -0.481 e. The number of imide groups is 1. The van der Waals surface area contributed by atoms with E-state index in [4.69, 9.17) is 4.74 Å². The minimum atomic E-state index is -0.573. The van der Waals surface area contributed by atoms with Gasteiger partial charge in [0.1, 0.15) is 5.75 Å². The van der Waals surface area contributed by atoms with Gasteiger partial charge in [-0.25, -0.2) is 0 Å². The van der Waals surface area contributed by atoms with Crippen molar-refractivity contribution in [3.8, 4) is 5.75 Å². The van der Waals surface area contributed by atoms with Gasteiger partial charge >= 0.3 is 0 Å². The van der Waals surface area contributed by atoms with Crippen molar-refractivity contribution in [2.24, 2.45) is 0 Å². The number of nitrogens with one attached hydrogen (secondary N) is 2. The smallest absolute Gasteiger partial charge is 0.267 e. The molecule has 1 aromatic carbocycles. The van der Waals surface area contributed by atoms with Crippen LogP contribution in [0, 0.1) is 0 Å². The Morgan fingerprint density at radius 1 is 1.21 bits per heavy atom. The fraction of sp³-hybridized carbons (Fsp3) is 0.556. The summed E-state index contributed by atoms with van der Waals surface area (Å²) in [5, 5.41) is 5.71. The Hall–Kier alpha value is -1.92. The zero-order chi connectivity index (χ0) is 16.6. The second-order valence-corrected chi connectivity index (χ2v) is 7.05. The van der Waals surface area contributed by atoms with Crippen molar-refractivity contribution < 1.29 is 14.3 Å². The van der Waals surface area contributed by atoms with E-state index in [9.17, 15) is 9.59 Å². The van der Waals surface area contributed by atoms with E-state index < -0.39 is 6.10 Å². The molecule has 1 atom stereocenters. The Morgan fingerprint density at radius 3 is 2.67 bits per heavy atom. The molecule has 2 amide bonds. The number of hydrogen-bond donors (Lipinski definition) is 2. The summed E-state index contributed by atoms with van der Waals surface area (Å²) in [7, 11) is 0. The zero-order valence-electron chi connectivity index (χ0n) is 13.7. The molecule has 3 saturated heterocycles. The molecule has 2 N–H and O–H groups in total. The molecule has 128 valence electrons.